The number of nitrogens with zero attached hydrogens (tertiary/aromatic N) is 4. The van der Waals surface area contributed by atoms with Gasteiger partial charge in [-0.25, -0.2) is 14.8 Å². The third-order valence-corrected chi connectivity index (χ3v) is 7.83. The van der Waals surface area contributed by atoms with E-state index in [-0.39, 0.29) is 30.5 Å². The lowest BCUT2D eigenvalue weighted by Gasteiger charge is -2.21. The Kier molecular flexibility index (Phi) is 10.2. The van der Waals surface area contributed by atoms with Crippen LogP contribution in [0, 0.1) is 6.92 Å². The van der Waals surface area contributed by atoms with E-state index < -0.39 is 17.8 Å². The van der Waals surface area contributed by atoms with Gasteiger partial charge < -0.3 is 19.7 Å². The standard InChI is InChI=1S/C29H26BrCl2N5O5/c1-4-41-29(40)21-10-7-18(14-33-21)8-12-24(38)34-15-25(39)36(3)22-11-9-20(31)19(26(22)32)16-42-23-6-5-13-37-27(30)17(2)35-28(23)37/h5-14H,4,15-16H2,1-3H3,(H,34,38). The molecule has 3 aromatic heterocycles. The topological polar surface area (TPSA) is 115 Å². The molecule has 10 nitrogen and oxygen atoms in total. The average molecular weight is 675 g/mol. The molecule has 0 aliphatic carbocycles. The number of ether oxygens (including phenoxy) is 2. The number of fused-ring (bicyclic) bond motifs is 1. The number of aryl methyl sites for hydroxylation is 1. The lowest BCUT2D eigenvalue weighted by atomic mass is 10.2. The quantitative estimate of drug-likeness (QED) is 0.171. The van der Waals surface area contributed by atoms with Crippen molar-refractivity contribution in [1.29, 1.82) is 0 Å². The fourth-order valence-corrected chi connectivity index (χ4v) is 4.82. The molecule has 0 unspecified atom stereocenters. The number of imidazole rings is 1. The minimum absolute atomic E-state index is 0.0356. The molecule has 42 heavy (non-hydrogen) atoms. The number of aromatic nitrogens is 3. The van der Waals surface area contributed by atoms with Crippen LogP contribution in [-0.4, -0.2) is 52.4 Å². The molecule has 2 amide bonds. The molecule has 0 atom stereocenters. The minimum Gasteiger partial charge on any atom is -0.485 e. The molecule has 0 aliphatic rings. The van der Waals surface area contributed by atoms with Gasteiger partial charge in [0.15, 0.2) is 11.4 Å². The molecule has 0 bridgehead atoms. The molecule has 13 heteroatoms. The Bertz CT molecular complexity index is 1670. The van der Waals surface area contributed by atoms with Crippen LogP contribution in [0.3, 0.4) is 0 Å². The molecule has 0 saturated carbocycles. The van der Waals surface area contributed by atoms with Crippen molar-refractivity contribution >= 4 is 74.3 Å². The number of amides is 2. The Morgan fingerprint density at radius 3 is 2.67 bits per heavy atom. The summed E-state index contributed by atoms with van der Waals surface area (Å²) < 4.78 is 13.6. The van der Waals surface area contributed by atoms with Crippen molar-refractivity contribution in [2.24, 2.45) is 0 Å². The number of carbonyl (C=O) groups excluding carboxylic acids is 3. The van der Waals surface area contributed by atoms with Crippen LogP contribution in [0.2, 0.25) is 10.0 Å². The molecule has 1 N–H and O–H groups in total. The summed E-state index contributed by atoms with van der Waals surface area (Å²) in [5, 5.41) is 3.17. The largest absolute Gasteiger partial charge is 0.485 e. The van der Waals surface area contributed by atoms with Crippen LogP contribution in [0.4, 0.5) is 5.69 Å². The van der Waals surface area contributed by atoms with E-state index in [1.807, 2.05) is 23.6 Å². The van der Waals surface area contributed by atoms with Crippen molar-refractivity contribution in [2.75, 3.05) is 25.1 Å². The van der Waals surface area contributed by atoms with Crippen molar-refractivity contribution < 1.29 is 23.9 Å². The third kappa shape index (κ3) is 7.10. The molecule has 0 radical (unpaired) electrons. The zero-order valence-corrected chi connectivity index (χ0v) is 26.0. The van der Waals surface area contributed by atoms with Crippen molar-refractivity contribution in [3.05, 3.63) is 92.0 Å². The highest BCUT2D eigenvalue weighted by atomic mass is 79.9. The second-order valence-electron chi connectivity index (χ2n) is 8.90. The SMILES string of the molecule is CCOC(=O)c1ccc(C=CC(=O)NCC(=O)N(C)c2ccc(Cl)c(COc3cccn4c(Br)c(C)nc34)c2Cl)cn1. The lowest BCUT2D eigenvalue weighted by Crippen LogP contribution is -2.37. The zero-order chi connectivity index (χ0) is 30.4. The highest BCUT2D eigenvalue weighted by molar-refractivity contribution is 9.10. The predicted octanol–water partition coefficient (Wildman–Crippen LogP) is 5.66. The molecular weight excluding hydrogens is 649 g/mol. The maximum atomic E-state index is 12.9. The number of anilines is 1. The van der Waals surface area contributed by atoms with Crippen LogP contribution in [-0.2, 0) is 20.9 Å². The molecule has 1 aromatic carbocycles. The predicted molar refractivity (Wildman–Crippen MR) is 164 cm³/mol. The minimum atomic E-state index is -0.524. The summed E-state index contributed by atoms with van der Waals surface area (Å²) in [5.41, 5.74) is 3.10. The number of carbonyl (C=O) groups is 3. The Balaban J connectivity index is 1.37. The number of hydrogen-bond acceptors (Lipinski definition) is 7. The molecule has 0 saturated heterocycles. The summed E-state index contributed by atoms with van der Waals surface area (Å²) >= 11 is 16.6. The van der Waals surface area contributed by atoms with E-state index in [9.17, 15) is 14.4 Å². The smallest absolute Gasteiger partial charge is 0.356 e. The van der Waals surface area contributed by atoms with E-state index in [0.717, 1.165) is 10.3 Å². The lowest BCUT2D eigenvalue weighted by molar-refractivity contribution is -0.122. The van der Waals surface area contributed by atoms with Gasteiger partial charge in [-0.1, -0.05) is 29.3 Å². The molecule has 0 spiro atoms. The number of halogens is 3. The number of likely N-dealkylation sites (N-methyl/N-ethyl adjacent to an activating group) is 1. The summed E-state index contributed by atoms with van der Waals surface area (Å²) in [5.74, 6) is -0.882. The van der Waals surface area contributed by atoms with Gasteiger partial charge >= 0.3 is 5.97 Å². The van der Waals surface area contributed by atoms with Gasteiger partial charge in [-0.2, -0.15) is 0 Å². The Morgan fingerprint density at radius 1 is 1.17 bits per heavy atom. The summed E-state index contributed by atoms with van der Waals surface area (Å²) in [6.07, 6.45) is 6.08. The molecule has 0 fully saturated rings. The summed E-state index contributed by atoms with van der Waals surface area (Å²) in [7, 11) is 1.55. The van der Waals surface area contributed by atoms with Crippen LogP contribution in [0.5, 0.6) is 5.75 Å². The van der Waals surface area contributed by atoms with Crippen LogP contribution < -0.4 is 15.0 Å². The highest BCUT2D eigenvalue weighted by Gasteiger charge is 2.20. The summed E-state index contributed by atoms with van der Waals surface area (Å²) in [6.45, 7) is 3.60. The third-order valence-electron chi connectivity index (χ3n) is 6.10. The van der Waals surface area contributed by atoms with Gasteiger partial charge in [0.1, 0.15) is 16.9 Å². The Morgan fingerprint density at radius 2 is 1.95 bits per heavy atom. The first-order valence-electron chi connectivity index (χ1n) is 12.7. The van der Waals surface area contributed by atoms with Crippen LogP contribution in [0.25, 0.3) is 11.7 Å². The van der Waals surface area contributed by atoms with E-state index >= 15 is 0 Å². The first kappa shape index (κ1) is 31.0. The maximum absolute atomic E-state index is 12.9. The first-order chi connectivity index (χ1) is 20.1. The number of pyridine rings is 2. The van der Waals surface area contributed by atoms with Crippen LogP contribution >= 0.6 is 39.1 Å². The number of rotatable bonds is 10. The van der Waals surface area contributed by atoms with Gasteiger partial charge in [0, 0.05) is 36.1 Å². The maximum Gasteiger partial charge on any atom is 0.356 e. The van der Waals surface area contributed by atoms with Gasteiger partial charge in [-0.15, -0.1) is 0 Å². The van der Waals surface area contributed by atoms with Crippen LogP contribution in [0.1, 0.15) is 34.2 Å². The fraction of sp³-hybridized carbons (Fsp3) is 0.207. The second kappa shape index (κ2) is 13.8. The van der Waals surface area contributed by atoms with E-state index in [2.05, 4.69) is 31.2 Å². The van der Waals surface area contributed by atoms with E-state index in [0.29, 0.717) is 33.2 Å². The molecule has 0 aliphatic heterocycles. The van der Waals surface area contributed by atoms with Gasteiger partial charge in [-0.3, -0.25) is 14.0 Å². The number of hydrogen-bond donors (Lipinski definition) is 1. The Labute approximate surface area is 260 Å². The average Bonchev–Trinajstić information content (AvgIpc) is 3.28. The Hall–Kier alpha value is -3.93. The van der Waals surface area contributed by atoms with Crippen molar-refractivity contribution in [3.63, 3.8) is 0 Å². The molecular formula is C29H26BrCl2N5O5. The zero-order valence-electron chi connectivity index (χ0n) is 22.9. The van der Waals surface area contributed by atoms with Crippen molar-refractivity contribution in [2.45, 2.75) is 20.5 Å². The van der Waals surface area contributed by atoms with Crippen molar-refractivity contribution in [3.8, 4) is 5.75 Å². The van der Waals surface area contributed by atoms with Gasteiger partial charge in [0.05, 0.1) is 29.6 Å². The van der Waals surface area contributed by atoms with E-state index in [1.54, 1.807) is 38.2 Å². The second-order valence-corrected chi connectivity index (χ2v) is 10.4. The highest BCUT2D eigenvalue weighted by Crippen LogP contribution is 2.35. The van der Waals surface area contributed by atoms with Crippen LogP contribution in [0.15, 0.2) is 59.5 Å². The monoisotopic (exact) mass is 673 g/mol. The molecule has 4 aromatic rings. The van der Waals surface area contributed by atoms with E-state index in [4.69, 9.17) is 32.7 Å². The van der Waals surface area contributed by atoms with Gasteiger partial charge in [0.2, 0.25) is 11.8 Å². The molecule has 218 valence electrons. The summed E-state index contributed by atoms with van der Waals surface area (Å²) in [6, 6.07) is 10.0. The molecule has 4 rings (SSSR count). The van der Waals surface area contributed by atoms with Crippen molar-refractivity contribution in [1.82, 2.24) is 19.7 Å². The van der Waals surface area contributed by atoms with Gasteiger partial charge in [0.25, 0.3) is 0 Å². The van der Waals surface area contributed by atoms with Gasteiger partial charge in [-0.05, 0) is 71.7 Å². The van der Waals surface area contributed by atoms with E-state index in [1.165, 1.54) is 29.3 Å². The number of esters is 1. The fourth-order valence-electron chi connectivity index (χ4n) is 3.84. The summed E-state index contributed by atoms with van der Waals surface area (Å²) in [4.78, 5) is 46.8. The first-order valence-corrected chi connectivity index (χ1v) is 14.2. The number of nitrogens with one attached hydrogen (secondary N) is 1. The number of benzene rings is 1. The molecule has 3 heterocycles. The normalized spacial score (nSPS) is 11.1.